The van der Waals surface area contributed by atoms with Crippen LogP contribution >= 0.6 is 0 Å². The summed E-state index contributed by atoms with van der Waals surface area (Å²) in [6.07, 6.45) is 22.7. The van der Waals surface area contributed by atoms with Gasteiger partial charge in [-0.1, -0.05) is 18.2 Å². The molecule has 11 N–H and O–H groups in total. The molecule has 0 unspecified atom stereocenters. The fourth-order valence-electron chi connectivity index (χ4n) is 3.75. The SMILES string of the molecule is CCc1ncc[nH]1.CNc1cccc(C)n1.C[n+]1ccn[nH]1.Cn1nccn1.NC(=O)c1cccnc1.NC(=O)c1ccncc1.NCc1ncc[nH]1.O=C1CCCN1. The molecule has 314 valence electrons. The Labute approximate surface area is 342 Å². The summed E-state index contributed by atoms with van der Waals surface area (Å²) in [5.74, 6) is 2.16. The molecule has 59 heavy (non-hydrogen) atoms. The van der Waals surface area contributed by atoms with Crippen LogP contribution in [0.3, 0.4) is 0 Å². The summed E-state index contributed by atoms with van der Waals surface area (Å²) < 4.78 is 1.76. The topological polar surface area (TPSA) is 313 Å². The van der Waals surface area contributed by atoms with E-state index in [2.05, 4.69) is 73.0 Å². The Balaban J connectivity index is 0.000000339. The molecule has 0 spiro atoms. The normalized spacial score (nSPS) is 10.2. The lowest BCUT2D eigenvalue weighted by Gasteiger charge is -1.97. The summed E-state index contributed by atoms with van der Waals surface area (Å²) in [6, 6.07) is 12.3. The lowest BCUT2D eigenvalue weighted by atomic mass is 10.3. The molecule has 1 aliphatic heterocycles. The molecule has 0 aromatic carbocycles. The van der Waals surface area contributed by atoms with Crippen LogP contribution in [0.15, 0.2) is 117 Å². The van der Waals surface area contributed by atoms with Crippen LogP contribution in [0, 0.1) is 6.92 Å². The molecular formula is C38H55N18O3+. The van der Waals surface area contributed by atoms with Gasteiger partial charge in [-0.2, -0.15) is 19.7 Å². The van der Waals surface area contributed by atoms with E-state index in [0.29, 0.717) is 17.7 Å². The van der Waals surface area contributed by atoms with E-state index in [1.54, 1.807) is 79.4 Å². The standard InChI is InChI=1S/C7H10N2.2C6H6N2O.C5H8N2.C4H7N3.C4H7NO.2C3H5N3/c1-6-4-3-5-7(8-2)9-6;7-6(9)5-1-3-8-4-2-5;7-6(9)5-2-1-3-8-4-5;1-2-5-6-3-4-7-5;5-3-4-6-1-2-7-4;6-4-2-1-3-5-4;1-6-3-2-4-5-6;1-6-4-2-3-5-6/h3-5H,1-2H3,(H,8,9);2*1-4H,(H2,7,9);3-4H,2H2,1H3,(H,6,7);1-2H,3,5H2,(H,6,7);1-3H2,(H,5,6);2*2-3H,1H3/p+1. The summed E-state index contributed by atoms with van der Waals surface area (Å²) in [5, 5.41) is 19.4. The molecule has 1 fully saturated rings. The molecule has 7 aromatic rings. The Kier molecular flexibility index (Phi) is 26.4. The lowest BCUT2D eigenvalue weighted by Crippen LogP contribution is -2.28. The fraction of sp³-hybridized carbons (Fsp3) is 0.263. The smallest absolute Gasteiger partial charge is 0.250 e. The van der Waals surface area contributed by atoms with Gasteiger partial charge in [0.15, 0.2) is 6.20 Å². The van der Waals surface area contributed by atoms with Crippen LogP contribution in [0.5, 0.6) is 0 Å². The van der Waals surface area contributed by atoms with Crippen molar-refractivity contribution >= 4 is 23.5 Å². The van der Waals surface area contributed by atoms with Crippen molar-refractivity contribution in [3.63, 3.8) is 0 Å². The number of aromatic nitrogens is 13. The zero-order valence-corrected chi connectivity index (χ0v) is 33.9. The number of hydrogen-bond donors (Lipinski definition) is 8. The molecule has 1 aliphatic rings. The number of H-pyrrole nitrogens is 3. The molecule has 0 radical (unpaired) electrons. The van der Waals surface area contributed by atoms with Crippen molar-refractivity contribution in [3.05, 3.63) is 145 Å². The maximum Gasteiger partial charge on any atom is 0.250 e. The average Bonchev–Trinajstić information content (AvgIpc) is 4.13. The maximum atomic E-state index is 10.4. The number of nitrogens with one attached hydrogen (secondary N) is 5. The van der Waals surface area contributed by atoms with Crippen molar-refractivity contribution in [1.82, 2.24) is 65.5 Å². The van der Waals surface area contributed by atoms with E-state index in [1.165, 1.54) is 23.4 Å². The molecule has 0 atom stereocenters. The van der Waals surface area contributed by atoms with Crippen LogP contribution in [0.25, 0.3) is 0 Å². The Morgan fingerprint density at radius 3 is 1.78 bits per heavy atom. The first-order valence-electron chi connectivity index (χ1n) is 18.1. The predicted octanol–water partition coefficient (Wildman–Crippen LogP) is 1.58. The first-order chi connectivity index (χ1) is 28.5. The van der Waals surface area contributed by atoms with Crippen LogP contribution in [0.2, 0.25) is 0 Å². The van der Waals surface area contributed by atoms with Crippen molar-refractivity contribution in [2.75, 3.05) is 18.9 Å². The van der Waals surface area contributed by atoms with Crippen molar-refractivity contribution in [1.29, 1.82) is 0 Å². The van der Waals surface area contributed by atoms with Gasteiger partial charge in [-0.3, -0.25) is 24.4 Å². The Morgan fingerprint density at radius 2 is 1.51 bits per heavy atom. The Morgan fingerprint density at radius 1 is 0.847 bits per heavy atom. The molecule has 8 rings (SSSR count). The summed E-state index contributed by atoms with van der Waals surface area (Å²) in [4.78, 5) is 57.7. The van der Waals surface area contributed by atoms with Crippen LogP contribution in [-0.2, 0) is 31.9 Å². The number of nitrogens with two attached hydrogens (primary N) is 3. The zero-order chi connectivity index (χ0) is 43.5. The highest BCUT2D eigenvalue weighted by Gasteiger charge is 2.05. The van der Waals surface area contributed by atoms with E-state index in [0.717, 1.165) is 49.0 Å². The van der Waals surface area contributed by atoms with E-state index >= 15 is 0 Å². The number of primary amides is 2. The number of imidazole rings is 2. The number of hydrogen-bond acceptors (Lipinski definition) is 13. The monoisotopic (exact) mass is 811 g/mol. The first kappa shape index (κ1) is 49.3. The average molecular weight is 812 g/mol. The minimum Gasteiger partial charge on any atom is -0.373 e. The van der Waals surface area contributed by atoms with E-state index in [-0.39, 0.29) is 5.91 Å². The molecule has 0 aliphatic carbocycles. The van der Waals surface area contributed by atoms with E-state index in [4.69, 9.17) is 17.2 Å². The summed E-state index contributed by atoms with van der Waals surface area (Å²) in [5.41, 5.74) is 17.1. The number of anilines is 1. The second-order valence-corrected chi connectivity index (χ2v) is 11.4. The number of carbonyl (C=O) groups excluding carboxylic acids is 3. The van der Waals surface area contributed by atoms with Crippen molar-refractivity contribution in [2.45, 2.75) is 39.7 Å². The molecule has 21 heteroatoms. The molecule has 8 heterocycles. The van der Waals surface area contributed by atoms with E-state index in [9.17, 15) is 14.4 Å². The van der Waals surface area contributed by atoms with Gasteiger partial charge in [0.2, 0.25) is 23.9 Å². The van der Waals surface area contributed by atoms with Gasteiger partial charge in [0.05, 0.1) is 24.5 Å². The highest BCUT2D eigenvalue weighted by atomic mass is 16.2. The third-order valence-electron chi connectivity index (χ3n) is 6.71. The van der Waals surface area contributed by atoms with E-state index in [1.807, 2.05) is 51.6 Å². The maximum absolute atomic E-state index is 10.4. The van der Waals surface area contributed by atoms with Gasteiger partial charge in [-0.25, -0.2) is 15.0 Å². The molecular weight excluding hydrogens is 757 g/mol. The number of rotatable bonds is 5. The third-order valence-corrected chi connectivity index (χ3v) is 6.71. The quantitative estimate of drug-likeness (QED) is 0.115. The molecule has 7 aromatic heterocycles. The van der Waals surface area contributed by atoms with Crippen LogP contribution in [0.4, 0.5) is 5.82 Å². The number of carbonyl (C=O) groups is 3. The van der Waals surface area contributed by atoms with Gasteiger partial charge in [0, 0.05) is 99.4 Å². The largest absolute Gasteiger partial charge is 0.373 e. The van der Waals surface area contributed by atoms with Gasteiger partial charge in [-0.15, -0.1) is 0 Å². The second-order valence-electron chi connectivity index (χ2n) is 11.4. The fourth-order valence-corrected chi connectivity index (χ4v) is 3.75. The molecule has 1 saturated heterocycles. The molecule has 21 nitrogen and oxygen atoms in total. The number of pyridine rings is 3. The Bertz CT molecular complexity index is 1900. The van der Waals surface area contributed by atoms with Crippen molar-refractivity contribution < 1.29 is 19.1 Å². The van der Waals surface area contributed by atoms with Gasteiger partial charge < -0.3 is 37.8 Å². The molecule has 0 saturated carbocycles. The lowest BCUT2D eigenvalue weighted by molar-refractivity contribution is -0.730. The van der Waals surface area contributed by atoms with Crippen molar-refractivity contribution in [3.8, 4) is 0 Å². The molecule has 0 bridgehead atoms. The first-order valence-corrected chi connectivity index (χ1v) is 18.1. The highest BCUT2D eigenvalue weighted by molar-refractivity contribution is 5.92. The predicted molar refractivity (Wildman–Crippen MR) is 221 cm³/mol. The minimum absolute atomic E-state index is 0.204. The highest BCUT2D eigenvalue weighted by Crippen LogP contribution is 2.01. The van der Waals surface area contributed by atoms with Gasteiger partial charge in [0.25, 0.3) is 0 Å². The number of aryl methyl sites for hydroxylation is 4. The number of nitrogens with zero attached hydrogens (tertiary/aromatic N) is 10. The van der Waals surface area contributed by atoms with Crippen LogP contribution < -0.4 is 32.5 Å². The van der Waals surface area contributed by atoms with E-state index < -0.39 is 11.8 Å². The third kappa shape index (κ3) is 25.9. The van der Waals surface area contributed by atoms with Crippen LogP contribution in [-0.4, -0.2) is 91.5 Å². The second kappa shape index (κ2) is 31.5. The van der Waals surface area contributed by atoms with Gasteiger partial charge in [0.1, 0.15) is 24.5 Å². The number of aromatic amines is 3. The van der Waals surface area contributed by atoms with Gasteiger partial charge in [-0.05, 0) is 49.7 Å². The summed E-state index contributed by atoms with van der Waals surface area (Å²) in [6.45, 7) is 5.42. The zero-order valence-electron chi connectivity index (χ0n) is 33.9. The van der Waals surface area contributed by atoms with Gasteiger partial charge >= 0.3 is 0 Å². The summed E-state index contributed by atoms with van der Waals surface area (Å²) in [7, 11) is 5.52. The number of amides is 3. The van der Waals surface area contributed by atoms with Crippen LogP contribution in [0.1, 0.15) is 57.8 Å². The Hall–Kier alpha value is -7.68. The summed E-state index contributed by atoms with van der Waals surface area (Å²) >= 11 is 0. The molecule has 3 amide bonds. The van der Waals surface area contributed by atoms with Crippen molar-refractivity contribution in [2.24, 2.45) is 31.3 Å². The minimum atomic E-state index is -0.442.